The van der Waals surface area contributed by atoms with Crippen LogP contribution < -0.4 is 19.7 Å². The number of aromatic nitrogens is 2. The highest BCUT2D eigenvalue weighted by atomic mass is 16.5. The maximum atomic E-state index is 5.45. The standard InChI is InChI=1S/C19H26N4O2/c1-13-7-9-23(10-8-13)19-12-18(20-14(2)21-19)22-16-6-5-15(24-3)11-17(16)25-4/h5-6,11-13H,7-10H2,1-4H3,(H,20,21,22). The van der Waals surface area contributed by atoms with Crippen molar-refractivity contribution in [3.63, 3.8) is 0 Å². The first-order chi connectivity index (χ1) is 12.1. The van der Waals surface area contributed by atoms with Crippen LogP contribution in [0.25, 0.3) is 0 Å². The molecule has 25 heavy (non-hydrogen) atoms. The lowest BCUT2D eigenvalue weighted by Gasteiger charge is -2.31. The quantitative estimate of drug-likeness (QED) is 0.892. The third kappa shape index (κ3) is 4.13. The van der Waals surface area contributed by atoms with Crippen LogP contribution in [0, 0.1) is 12.8 Å². The molecule has 2 aromatic rings. The lowest BCUT2D eigenvalue weighted by Crippen LogP contribution is -2.33. The number of hydrogen-bond acceptors (Lipinski definition) is 6. The van der Waals surface area contributed by atoms with Crippen molar-refractivity contribution in [1.82, 2.24) is 9.97 Å². The van der Waals surface area contributed by atoms with Crippen LogP contribution in [0.3, 0.4) is 0 Å². The summed E-state index contributed by atoms with van der Waals surface area (Å²) in [4.78, 5) is 11.5. The maximum Gasteiger partial charge on any atom is 0.146 e. The Labute approximate surface area is 149 Å². The number of anilines is 3. The van der Waals surface area contributed by atoms with E-state index in [1.165, 1.54) is 12.8 Å². The molecule has 0 amide bonds. The molecule has 0 saturated carbocycles. The van der Waals surface area contributed by atoms with Gasteiger partial charge in [-0.3, -0.25) is 0 Å². The van der Waals surface area contributed by atoms with Crippen LogP contribution in [0.4, 0.5) is 17.3 Å². The first-order valence-corrected chi connectivity index (χ1v) is 8.68. The Morgan fingerprint density at radius 3 is 2.52 bits per heavy atom. The zero-order chi connectivity index (χ0) is 17.8. The summed E-state index contributed by atoms with van der Waals surface area (Å²) in [6.07, 6.45) is 2.41. The van der Waals surface area contributed by atoms with Crippen LogP contribution in [-0.2, 0) is 0 Å². The smallest absolute Gasteiger partial charge is 0.146 e. The summed E-state index contributed by atoms with van der Waals surface area (Å²) in [6.45, 7) is 6.32. The Bertz CT molecular complexity index is 727. The van der Waals surface area contributed by atoms with E-state index < -0.39 is 0 Å². The molecule has 6 nitrogen and oxygen atoms in total. The second-order valence-electron chi connectivity index (χ2n) is 6.52. The van der Waals surface area contributed by atoms with E-state index in [0.29, 0.717) is 5.75 Å². The summed E-state index contributed by atoms with van der Waals surface area (Å²) in [5.41, 5.74) is 0.847. The Hall–Kier alpha value is -2.50. The third-order valence-corrected chi connectivity index (χ3v) is 4.60. The maximum absolute atomic E-state index is 5.45. The molecule has 1 aliphatic rings. The second kappa shape index (κ2) is 7.59. The Balaban J connectivity index is 1.83. The fourth-order valence-corrected chi connectivity index (χ4v) is 3.06. The van der Waals surface area contributed by atoms with E-state index in [1.54, 1.807) is 14.2 Å². The van der Waals surface area contributed by atoms with Crippen LogP contribution in [0.5, 0.6) is 11.5 Å². The molecule has 0 unspecified atom stereocenters. The molecular weight excluding hydrogens is 316 g/mol. The molecule has 134 valence electrons. The van der Waals surface area contributed by atoms with E-state index in [9.17, 15) is 0 Å². The number of rotatable bonds is 5. The first kappa shape index (κ1) is 17.3. The van der Waals surface area contributed by atoms with Gasteiger partial charge in [0.2, 0.25) is 0 Å². The van der Waals surface area contributed by atoms with Crippen molar-refractivity contribution in [3.05, 3.63) is 30.1 Å². The van der Waals surface area contributed by atoms with Crippen LogP contribution >= 0.6 is 0 Å². The molecule has 0 aliphatic carbocycles. The minimum atomic E-state index is 0.712. The SMILES string of the molecule is COc1ccc(Nc2cc(N3CCC(C)CC3)nc(C)n2)c(OC)c1. The van der Waals surface area contributed by atoms with Crippen molar-refractivity contribution < 1.29 is 9.47 Å². The Morgan fingerprint density at radius 2 is 1.84 bits per heavy atom. The van der Waals surface area contributed by atoms with Crippen molar-refractivity contribution in [2.75, 3.05) is 37.5 Å². The van der Waals surface area contributed by atoms with Crippen LogP contribution in [0.2, 0.25) is 0 Å². The molecule has 1 aliphatic heterocycles. The molecule has 1 aromatic heterocycles. The van der Waals surface area contributed by atoms with E-state index in [1.807, 2.05) is 31.2 Å². The van der Waals surface area contributed by atoms with Gasteiger partial charge < -0.3 is 19.7 Å². The number of piperidine rings is 1. The molecule has 1 N–H and O–H groups in total. The molecule has 3 rings (SSSR count). The molecule has 1 saturated heterocycles. The highest BCUT2D eigenvalue weighted by Crippen LogP contribution is 2.32. The molecule has 0 atom stereocenters. The van der Waals surface area contributed by atoms with Crippen molar-refractivity contribution in [2.24, 2.45) is 5.92 Å². The monoisotopic (exact) mass is 342 g/mol. The molecule has 0 bridgehead atoms. The van der Waals surface area contributed by atoms with Gasteiger partial charge in [-0.15, -0.1) is 0 Å². The number of benzene rings is 1. The van der Waals surface area contributed by atoms with Crippen LogP contribution in [0.15, 0.2) is 24.3 Å². The van der Waals surface area contributed by atoms with E-state index in [-0.39, 0.29) is 0 Å². The summed E-state index contributed by atoms with van der Waals surface area (Å²) < 4.78 is 10.7. The number of nitrogens with one attached hydrogen (secondary N) is 1. The highest BCUT2D eigenvalue weighted by Gasteiger charge is 2.18. The fourth-order valence-electron chi connectivity index (χ4n) is 3.06. The van der Waals surface area contributed by atoms with Crippen molar-refractivity contribution in [3.8, 4) is 11.5 Å². The normalized spacial score (nSPS) is 15.1. The lowest BCUT2D eigenvalue weighted by atomic mass is 9.99. The second-order valence-corrected chi connectivity index (χ2v) is 6.52. The van der Waals surface area contributed by atoms with Gasteiger partial charge >= 0.3 is 0 Å². The Morgan fingerprint density at radius 1 is 1.08 bits per heavy atom. The van der Waals surface area contributed by atoms with Gasteiger partial charge in [0.25, 0.3) is 0 Å². The number of ether oxygens (including phenoxy) is 2. The number of methoxy groups -OCH3 is 2. The van der Waals surface area contributed by atoms with Crippen molar-refractivity contribution in [1.29, 1.82) is 0 Å². The minimum absolute atomic E-state index is 0.712. The summed E-state index contributed by atoms with van der Waals surface area (Å²) >= 11 is 0. The van der Waals surface area contributed by atoms with Gasteiger partial charge in [-0.1, -0.05) is 6.92 Å². The van der Waals surface area contributed by atoms with Gasteiger partial charge in [0.05, 0.1) is 19.9 Å². The van der Waals surface area contributed by atoms with Gasteiger partial charge in [0.1, 0.15) is 29.0 Å². The molecular formula is C19H26N4O2. The van der Waals surface area contributed by atoms with Gasteiger partial charge in [-0.2, -0.15) is 0 Å². The van der Waals surface area contributed by atoms with E-state index in [2.05, 4.69) is 27.1 Å². The van der Waals surface area contributed by atoms with Gasteiger partial charge in [-0.05, 0) is 37.8 Å². The van der Waals surface area contributed by atoms with Crippen molar-refractivity contribution in [2.45, 2.75) is 26.7 Å². The van der Waals surface area contributed by atoms with Crippen LogP contribution in [-0.4, -0.2) is 37.3 Å². The lowest BCUT2D eigenvalue weighted by molar-refractivity contribution is 0.395. The molecule has 1 fully saturated rings. The van der Waals surface area contributed by atoms with Gasteiger partial charge in [0, 0.05) is 25.2 Å². The van der Waals surface area contributed by atoms with Gasteiger partial charge in [0.15, 0.2) is 0 Å². The summed E-state index contributed by atoms with van der Waals surface area (Å²) in [5.74, 6) is 4.76. The summed E-state index contributed by atoms with van der Waals surface area (Å²) in [5, 5.41) is 3.35. The average Bonchev–Trinajstić information content (AvgIpc) is 2.62. The molecule has 0 radical (unpaired) electrons. The molecule has 2 heterocycles. The zero-order valence-electron chi connectivity index (χ0n) is 15.4. The summed E-state index contributed by atoms with van der Waals surface area (Å²) in [7, 11) is 3.28. The Kier molecular flexibility index (Phi) is 5.26. The molecule has 6 heteroatoms. The molecule has 0 spiro atoms. The highest BCUT2D eigenvalue weighted by molar-refractivity contribution is 5.67. The topological polar surface area (TPSA) is 59.5 Å². The van der Waals surface area contributed by atoms with Crippen molar-refractivity contribution >= 4 is 17.3 Å². The first-order valence-electron chi connectivity index (χ1n) is 8.68. The predicted molar refractivity (Wildman–Crippen MR) is 100 cm³/mol. The molecule has 1 aromatic carbocycles. The van der Waals surface area contributed by atoms with E-state index in [4.69, 9.17) is 9.47 Å². The predicted octanol–water partition coefficient (Wildman–Crippen LogP) is 3.78. The van der Waals surface area contributed by atoms with E-state index >= 15 is 0 Å². The number of aryl methyl sites for hydroxylation is 1. The van der Waals surface area contributed by atoms with Crippen LogP contribution in [0.1, 0.15) is 25.6 Å². The number of hydrogen-bond donors (Lipinski definition) is 1. The van der Waals surface area contributed by atoms with E-state index in [0.717, 1.165) is 47.9 Å². The number of nitrogens with zero attached hydrogens (tertiary/aromatic N) is 3. The fraction of sp³-hybridized carbons (Fsp3) is 0.474. The summed E-state index contributed by atoms with van der Waals surface area (Å²) in [6, 6.07) is 7.68. The minimum Gasteiger partial charge on any atom is -0.497 e. The zero-order valence-corrected chi connectivity index (χ0v) is 15.4. The largest absolute Gasteiger partial charge is 0.497 e. The average molecular weight is 342 g/mol. The van der Waals surface area contributed by atoms with Gasteiger partial charge in [-0.25, -0.2) is 9.97 Å². The third-order valence-electron chi connectivity index (χ3n) is 4.60.